The van der Waals surface area contributed by atoms with Crippen LogP contribution < -0.4 is 0 Å². The third kappa shape index (κ3) is 2.59. The summed E-state index contributed by atoms with van der Waals surface area (Å²) in [6.45, 7) is 0. The summed E-state index contributed by atoms with van der Waals surface area (Å²) in [7, 11) is 0. The van der Waals surface area contributed by atoms with Gasteiger partial charge in [-0.1, -0.05) is 60.7 Å². The van der Waals surface area contributed by atoms with Gasteiger partial charge >= 0.3 is 0 Å². The van der Waals surface area contributed by atoms with Crippen molar-refractivity contribution < 1.29 is 0 Å². The van der Waals surface area contributed by atoms with Crippen molar-refractivity contribution in [3.05, 3.63) is 108 Å². The van der Waals surface area contributed by atoms with Crippen molar-refractivity contribution in [1.29, 1.82) is 0 Å². The van der Waals surface area contributed by atoms with Crippen molar-refractivity contribution >= 4 is 44.5 Å². The van der Waals surface area contributed by atoms with Crippen molar-refractivity contribution in [2.75, 3.05) is 0 Å². The summed E-state index contributed by atoms with van der Waals surface area (Å²) >= 11 is 0. The molecule has 0 saturated carbocycles. The summed E-state index contributed by atoms with van der Waals surface area (Å²) in [6.07, 6.45) is 14.8. The van der Waals surface area contributed by atoms with E-state index < -0.39 is 0 Å². The van der Waals surface area contributed by atoms with Crippen LogP contribution in [0, 0.1) is 0 Å². The summed E-state index contributed by atoms with van der Waals surface area (Å²) in [5, 5.41) is 4.03. The quantitative estimate of drug-likeness (QED) is 0.305. The van der Waals surface area contributed by atoms with E-state index in [2.05, 4.69) is 107 Å². The first-order valence-electron chi connectivity index (χ1n) is 11.5. The first kappa shape index (κ1) is 17.9. The minimum Gasteiger partial charge on any atom is -0.355 e. The predicted molar refractivity (Wildman–Crippen MR) is 136 cm³/mol. The van der Waals surface area contributed by atoms with Gasteiger partial charge in [-0.2, -0.15) is 0 Å². The highest BCUT2D eigenvalue weighted by Gasteiger charge is 2.21. The molecule has 0 aliphatic heterocycles. The maximum atomic E-state index is 3.58. The van der Waals surface area contributed by atoms with Crippen LogP contribution in [0.2, 0.25) is 0 Å². The van der Waals surface area contributed by atoms with Gasteiger partial charge in [0.05, 0.1) is 11.0 Å². The molecule has 2 aliphatic carbocycles. The van der Waals surface area contributed by atoms with Gasteiger partial charge in [0.25, 0.3) is 0 Å². The van der Waals surface area contributed by atoms with E-state index in [0.29, 0.717) is 5.92 Å². The van der Waals surface area contributed by atoms with Crippen LogP contribution in [0.5, 0.6) is 0 Å². The van der Waals surface area contributed by atoms with Crippen LogP contribution in [0.15, 0.2) is 91.0 Å². The van der Waals surface area contributed by atoms with E-state index in [4.69, 9.17) is 0 Å². The fourth-order valence-electron chi connectivity index (χ4n) is 5.58. The van der Waals surface area contributed by atoms with Crippen molar-refractivity contribution in [3.8, 4) is 0 Å². The number of fused-ring (bicyclic) bond motifs is 6. The molecular formula is C30H24N2. The number of nitrogens with zero attached hydrogens (tertiary/aromatic N) is 1. The Morgan fingerprint density at radius 3 is 2.53 bits per heavy atom. The molecule has 0 fully saturated rings. The van der Waals surface area contributed by atoms with Crippen LogP contribution in [-0.4, -0.2) is 9.55 Å². The SMILES string of the molecule is C1=CC(n2c3ccccc3c3cc(C4C=Cc5[nH]c6ccccc6c5C4)ccc32)=CCC1. The lowest BCUT2D eigenvalue weighted by Crippen LogP contribution is -2.05. The number of rotatable bonds is 2. The highest BCUT2D eigenvalue weighted by molar-refractivity contribution is 6.10. The van der Waals surface area contributed by atoms with Gasteiger partial charge in [0.15, 0.2) is 0 Å². The zero-order valence-electron chi connectivity index (χ0n) is 17.9. The zero-order chi connectivity index (χ0) is 21.1. The van der Waals surface area contributed by atoms with Crippen molar-refractivity contribution in [1.82, 2.24) is 9.55 Å². The number of nitrogens with one attached hydrogen (secondary N) is 1. The third-order valence-electron chi connectivity index (χ3n) is 7.12. The van der Waals surface area contributed by atoms with Crippen LogP contribution in [0.25, 0.3) is 44.5 Å². The molecule has 0 radical (unpaired) electrons. The van der Waals surface area contributed by atoms with Gasteiger partial charge in [0.1, 0.15) is 0 Å². The van der Waals surface area contributed by atoms with Gasteiger partial charge in [-0.25, -0.2) is 0 Å². The van der Waals surface area contributed by atoms with Gasteiger partial charge in [-0.15, -0.1) is 0 Å². The Balaban J connectivity index is 1.38. The van der Waals surface area contributed by atoms with Crippen LogP contribution >= 0.6 is 0 Å². The number of benzene rings is 3. The summed E-state index contributed by atoms with van der Waals surface area (Å²) in [4.78, 5) is 3.58. The Bertz CT molecular complexity index is 1600. The van der Waals surface area contributed by atoms with Crippen molar-refractivity contribution in [3.63, 3.8) is 0 Å². The van der Waals surface area contributed by atoms with E-state index in [-0.39, 0.29) is 0 Å². The Kier molecular flexibility index (Phi) is 3.83. The molecule has 0 saturated heterocycles. The number of allylic oxidation sites excluding steroid dienone is 5. The molecule has 2 heterocycles. The van der Waals surface area contributed by atoms with Gasteiger partial charge in [0.2, 0.25) is 0 Å². The minimum absolute atomic E-state index is 0.391. The van der Waals surface area contributed by atoms with E-state index in [0.717, 1.165) is 19.3 Å². The first-order chi connectivity index (χ1) is 15.9. The maximum Gasteiger partial charge on any atom is 0.0541 e. The molecule has 2 heteroatoms. The second-order valence-electron chi connectivity index (χ2n) is 8.97. The maximum absolute atomic E-state index is 3.58. The molecule has 1 unspecified atom stereocenters. The lowest BCUT2D eigenvalue weighted by molar-refractivity contribution is 0.832. The number of hydrogen-bond donors (Lipinski definition) is 1. The third-order valence-corrected chi connectivity index (χ3v) is 7.12. The monoisotopic (exact) mass is 412 g/mol. The van der Waals surface area contributed by atoms with Crippen LogP contribution in [0.4, 0.5) is 0 Å². The molecule has 2 nitrogen and oxygen atoms in total. The van der Waals surface area contributed by atoms with Crippen LogP contribution in [0.1, 0.15) is 35.6 Å². The van der Waals surface area contributed by atoms with E-state index in [1.807, 2.05) is 0 Å². The number of aromatic amines is 1. The fourth-order valence-corrected chi connectivity index (χ4v) is 5.58. The molecule has 2 aliphatic rings. The van der Waals surface area contributed by atoms with Gasteiger partial charge in [-0.3, -0.25) is 0 Å². The molecule has 7 rings (SSSR count). The molecule has 0 bridgehead atoms. The Morgan fingerprint density at radius 1 is 0.781 bits per heavy atom. The molecule has 2 aromatic heterocycles. The normalized spacial score (nSPS) is 17.9. The van der Waals surface area contributed by atoms with E-state index >= 15 is 0 Å². The van der Waals surface area contributed by atoms with E-state index in [9.17, 15) is 0 Å². The zero-order valence-corrected chi connectivity index (χ0v) is 17.9. The molecule has 0 amide bonds. The number of hydrogen-bond acceptors (Lipinski definition) is 0. The molecule has 1 atom stereocenters. The summed E-state index contributed by atoms with van der Waals surface area (Å²) < 4.78 is 2.43. The second kappa shape index (κ2) is 6.86. The first-order valence-corrected chi connectivity index (χ1v) is 11.5. The van der Waals surface area contributed by atoms with Crippen LogP contribution in [-0.2, 0) is 6.42 Å². The standard InChI is InChI=1S/C30H24N2/c1-2-8-22(9-3-1)32-29-13-7-5-11-24(29)26-19-21(15-17-30(26)32)20-14-16-28-25(18-20)23-10-4-6-12-27(23)31-28/h2,4-17,19-20,31H,1,3,18H2. The summed E-state index contributed by atoms with van der Waals surface area (Å²) in [6, 6.07) is 24.6. The molecule has 154 valence electrons. The van der Waals surface area contributed by atoms with Crippen LogP contribution in [0.3, 0.4) is 0 Å². The van der Waals surface area contributed by atoms with E-state index in [1.165, 1.54) is 55.2 Å². The largest absolute Gasteiger partial charge is 0.355 e. The summed E-state index contributed by atoms with van der Waals surface area (Å²) in [5.74, 6) is 0.391. The predicted octanol–water partition coefficient (Wildman–Crippen LogP) is 7.82. The molecular weight excluding hydrogens is 388 g/mol. The average Bonchev–Trinajstić information content (AvgIpc) is 3.39. The molecule has 0 spiro atoms. The molecule has 32 heavy (non-hydrogen) atoms. The number of aromatic nitrogens is 2. The Labute approximate surface area is 187 Å². The van der Waals surface area contributed by atoms with Gasteiger partial charge in [-0.05, 0) is 66.8 Å². The second-order valence-corrected chi connectivity index (χ2v) is 8.97. The van der Waals surface area contributed by atoms with Crippen molar-refractivity contribution in [2.45, 2.75) is 25.2 Å². The van der Waals surface area contributed by atoms with E-state index in [1.54, 1.807) is 0 Å². The Hall–Kier alpha value is -3.78. The van der Waals surface area contributed by atoms with Gasteiger partial charge < -0.3 is 9.55 Å². The molecule has 3 aromatic carbocycles. The highest BCUT2D eigenvalue weighted by Crippen LogP contribution is 2.38. The fraction of sp³-hybridized carbons (Fsp3) is 0.133. The Morgan fingerprint density at radius 2 is 1.62 bits per heavy atom. The average molecular weight is 413 g/mol. The highest BCUT2D eigenvalue weighted by atomic mass is 15.0. The minimum atomic E-state index is 0.391. The molecule has 1 N–H and O–H groups in total. The number of H-pyrrole nitrogens is 1. The van der Waals surface area contributed by atoms with Gasteiger partial charge in [0, 0.05) is 39.0 Å². The number of para-hydroxylation sites is 2. The van der Waals surface area contributed by atoms with Crippen molar-refractivity contribution in [2.24, 2.45) is 0 Å². The lowest BCUT2D eigenvalue weighted by atomic mass is 9.86. The topological polar surface area (TPSA) is 20.7 Å². The lowest BCUT2D eigenvalue weighted by Gasteiger charge is -2.18. The smallest absolute Gasteiger partial charge is 0.0541 e. The molecule has 5 aromatic rings. The summed E-state index contributed by atoms with van der Waals surface area (Å²) in [5.41, 5.74) is 9.19.